The van der Waals surface area contributed by atoms with Crippen LogP contribution in [0.2, 0.25) is 0 Å². The second kappa shape index (κ2) is 8.49. The van der Waals surface area contributed by atoms with E-state index in [-0.39, 0.29) is 12.0 Å². The molecule has 3 aromatic rings. The molecule has 1 atom stereocenters. The van der Waals surface area contributed by atoms with Crippen molar-refractivity contribution in [3.8, 4) is 17.2 Å². The molecule has 0 bridgehead atoms. The van der Waals surface area contributed by atoms with Gasteiger partial charge in [-0.2, -0.15) is 5.26 Å². The number of nitrogens with zero attached hydrogens (tertiary/aromatic N) is 5. The summed E-state index contributed by atoms with van der Waals surface area (Å²) in [5.41, 5.74) is 5.44. The minimum atomic E-state index is 0.105. The van der Waals surface area contributed by atoms with Gasteiger partial charge in [0.1, 0.15) is 11.9 Å². The maximum Gasteiger partial charge on any atom is 0.226 e. The summed E-state index contributed by atoms with van der Waals surface area (Å²) in [6.45, 7) is 8.11. The first-order valence-corrected chi connectivity index (χ1v) is 12.6. The molecular weight excluding hydrogens is 434 g/mol. The molecule has 0 unspecified atom stereocenters. The highest BCUT2D eigenvalue weighted by atomic mass is 16.2. The van der Waals surface area contributed by atoms with E-state index in [1.54, 1.807) is 6.08 Å². The van der Waals surface area contributed by atoms with Crippen molar-refractivity contribution in [2.24, 2.45) is 5.92 Å². The topological polar surface area (TPSA) is 73.1 Å². The summed E-state index contributed by atoms with van der Waals surface area (Å²) in [5.74, 6) is 1.69. The lowest BCUT2D eigenvalue weighted by Crippen LogP contribution is -2.54. The summed E-state index contributed by atoms with van der Waals surface area (Å²) < 4.78 is 0. The van der Waals surface area contributed by atoms with Crippen molar-refractivity contribution >= 4 is 28.7 Å². The average Bonchev–Trinajstić information content (AvgIpc) is 3.80. The lowest BCUT2D eigenvalue weighted by molar-refractivity contribution is -0.134. The molecule has 2 aliphatic carbocycles. The molecule has 3 fully saturated rings. The predicted octanol–water partition coefficient (Wildman–Crippen LogP) is 5.14. The zero-order valence-corrected chi connectivity index (χ0v) is 20.1. The number of carbonyl (C=O) groups is 1. The first-order valence-electron chi connectivity index (χ1n) is 12.6. The maximum atomic E-state index is 12.7. The molecule has 3 heterocycles. The van der Waals surface area contributed by atoms with Crippen molar-refractivity contribution < 1.29 is 4.79 Å². The SMILES string of the molecule is C=Cc1cc(-c2cc(C#N)c(N3CCN(C(=O)C4CC4)[C@H](C)C3)nc2C2CC2)c2ccccc2n1. The van der Waals surface area contributed by atoms with Crippen LogP contribution in [0.15, 0.2) is 43.0 Å². The fraction of sp³-hybridized carbons (Fsp3) is 0.379. The zero-order valence-electron chi connectivity index (χ0n) is 20.1. The quantitative estimate of drug-likeness (QED) is 0.524. The Morgan fingerprint density at radius 2 is 1.91 bits per heavy atom. The van der Waals surface area contributed by atoms with Gasteiger partial charge in [-0.05, 0) is 62.4 Å². The number of benzene rings is 1. The fourth-order valence-corrected chi connectivity index (χ4v) is 5.29. The van der Waals surface area contributed by atoms with Crippen LogP contribution >= 0.6 is 0 Å². The van der Waals surface area contributed by atoms with Crippen LogP contribution in [0, 0.1) is 17.2 Å². The van der Waals surface area contributed by atoms with Crippen LogP contribution in [0.5, 0.6) is 0 Å². The average molecular weight is 464 g/mol. The minimum Gasteiger partial charge on any atom is -0.352 e. The molecule has 0 radical (unpaired) electrons. The van der Waals surface area contributed by atoms with Crippen molar-refractivity contribution in [2.45, 2.75) is 44.6 Å². The number of hydrogen-bond acceptors (Lipinski definition) is 5. The van der Waals surface area contributed by atoms with E-state index in [4.69, 9.17) is 9.97 Å². The number of aromatic nitrogens is 2. The molecule has 1 amide bonds. The zero-order chi connectivity index (χ0) is 24.1. The highest BCUT2D eigenvalue weighted by Gasteiger charge is 2.38. The predicted molar refractivity (Wildman–Crippen MR) is 138 cm³/mol. The van der Waals surface area contributed by atoms with Gasteiger partial charge in [-0.1, -0.05) is 24.8 Å². The van der Waals surface area contributed by atoms with E-state index in [2.05, 4.69) is 36.6 Å². The van der Waals surface area contributed by atoms with Gasteiger partial charge >= 0.3 is 0 Å². The maximum absolute atomic E-state index is 12.7. The van der Waals surface area contributed by atoms with Crippen LogP contribution in [0.3, 0.4) is 0 Å². The van der Waals surface area contributed by atoms with Gasteiger partial charge in [-0.25, -0.2) is 9.97 Å². The van der Waals surface area contributed by atoms with Crippen molar-refractivity contribution in [3.63, 3.8) is 0 Å². The van der Waals surface area contributed by atoms with Crippen LogP contribution in [0.1, 0.15) is 55.5 Å². The molecule has 6 nitrogen and oxygen atoms in total. The summed E-state index contributed by atoms with van der Waals surface area (Å²) in [7, 11) is 0. The van der Waals surface area contributed by atoms with Gasteiger partial charge in [0.25, 0.3) is 0 Å². The van der Waals surface area contributed by atoms with Crippen molar-refractivity contribution in [1.82, 2.24) is 14.9 Å². The lowest BCUT2D eigenvalue weighted by Gasteiger charge is -2.41. The van der Waals surface area contributed by atoms with Gasteiger partial charge < -0.3 is 9.80 Å². The van der Waals surface area contributed by atoms with Gasteiger partial charge in [0.05, 0.1) is 22.5 Å². The molecule has 2 aromatic heterocycles. The number of hydrogen-bond donors (Lipinski definition) is 0. The standard InChI is InChI=1S/C29H29N5O/c1-3-22-15-24(23-6-4-5-7-26(23)31-22)25-14-21(16-30)28(32-27(25)19-8-9-19)33-12-13-34(18(2)17-33)29(35)20-10-11-20/h3-7,14-15,18-20H,1,8-13,17H2,2H3/t18-/m1/s1. The van der Waals surface area contributed by atoms with Crippen LogP contribution < -0.4 is 4.90 Å². The smallest absolute Gasteiger partial charge is 0.226 e. The molecular formula is C29H29N5O. The van der Waals surface area contributed by atoms with E-state index in [0.29, 0.717) is 37.0 Å². The van der Waals surface area contributed by atoms with Gasteiger partial charge in [-0.3, -0.25) is 4.79 Å². The summed E-state index contributed by atoms with van der Waals surface area (Å²) in [6, 6.07) is 14.7. The Labute approximate surface area is 205 Å². The second-order valence-corrected chi connectivity index (χ2v) is 10.1. The second-order valence-electron chi connectivity index (χ2n) is 10.1. The fourth-order valence-electron chi connectivity index (χ4n) is 5.29. The largest absolute Gasteiger partial charge is 0.352 e. The Bertz CT molecular complexity index is 1380. The number of pyridine rings is 2. The Hall–Kier alpha value is -3.72. The van der Waals surface area contributed by atoms with E-state index in [1.165, 1.54) is 0 Å². The Kier molecular flexibility index (Phi) is 5.29. The number of rotatable bonds is 5. The molecule has 0 spiro atoms. The number of anilines is 1. The monoisotopic (exact) mass is 463 g/mol. The molecule has 1 aliphatic heterocycles. The van der Waals surface area contributed by atoms with Crippen molar-refractivity contribution in [2.75, 3.05) is 24.5 Å². The molecule has 6 heteroatoms. The highest BCUT2D eigenvalue weighted by molar-refractivity contribution is 5.96. The van der Waals surface area contributed by atoms with E-state index in [0.717, 1.165) is 64.9 Å². The number of para-hydroxylation sites is 1. The van der Waals surface area contributed by atoms with Crippen LogP contribution in [-0.4, -0.2) is 46.5 Å². The third-order valence-electron chi connectivity index (χ3n) is 7.49. The number of carbonyl (C=O) groups excluding carboxylic acids is 1. The third kappa shape index (κ3) is 3.95. The lowest BCUT2D eigenvalue weighted by atomic mass is 9.95. The molecule has 2 saturated carbocycles. The van der Waals surface area contributed by atoms with Crippen molar-refractivity contribution in [3.05, 3.63) is 59.9 Å². The van der Waals surface area contributed by atoms with Crippen LogP contribution in [0.4, 0.5) is 5.82 Å². The van der Waals surface area contributed by atoms with Crippen LogP contribution in [0.25, 0.3) is 28.1 Å². The Balaban J connectivity index is 1.42. The Morgan fingerprint density at radius 1 is 1.11 bits per heavy atom. The molecule has 1 aromatic carbocycles. The van der Waals surface area contributed by atoms with E-state index in [9.17, 15) is 10.1 Å². The van der Waals surface area contributed by atoms with Gasteiger partial charge in [0.2, 0.25) is 5.91 Å². The number of piperazine rings is 1. The first-order chi connectivity index (χ1) is 17.1. The van der Waals surface area contributed by atoms with Crippen molar-refractivity contribution in [1.29, 1.82) is 5.26 Å². The molecule has 35 heavy (non-hydrogen) atoms. The summed E-state index contributed by atoms with van der Waals surface area (Å²) in [6.07, 6.45) is 6.04. The first kappa shape index (κ1) is 21.8. The molecule has 6 rings (SSSR count). The number of amides is 1. The molecule has 3 aliphatic rings. The molecule has 1 saturated heterocycles. The van der Waals surface area contributed by atoms with Gasteiger partial charge in [0, 0.05) is 48.5 Å². The highest BCUT2D eigenvalue weighted by Crippen LogP contribution is 2.46. The van der Waals surface area contributed by atoms with E-state index in [1.807, 2.05) is 29.2 Å². The number of fused-ring (bicyclic) bond motifs is 1. The summed E-state index contributed by atoms with van der Waals surface area (Å²) >= 11 is 0. The van der Waals surface area contributed by atoms with Crippen LogP contribution in [-0.2, 0) is 4.79 Å². The normalized spacial score (nSPS) is 20.1. The minimum absolute atomic E-state index is 0.105. The number of nitriles is 1. The van der Waals surface area contributed by atoms with E-state index < -0.39 is 0 Å². The van der Waals surface area contributed by atoms with Gasteiger partial charge in [-0.15, -0.1) is 0 Å². The molecule has 0 N–H and O–H groups in total. The third-order valence-corrected chi connectivity index (χ3v) is 7.49. The Morgan fingerprint density at radius 3 is 2.60 bits per heavy atom. The van der Waals surface area contributed by atoms with E-state index >= 15 is 0 Å². The summed E-state index contributed by atoms with van der Waals surface area (Å²) in [5, 5.41) is 11.2. The van der Waals surface area contributed by atoms with Gasteiger partial charge in [0.15, 0.2) is 0 Å². The molecule has 176 valence electrons. The summed E-state index contributed by atoms with van der Waals surface area (Å²) in [4.78, 5) is 26.8.